The molecular formula is C24H43NO. The van der Waals surface area contributed by atoms with Crippen molar-refractivity contribution < 1.29 is 4.79 Å². The summed E-state index contributed by atoms with van der Waals surface area (Å²) in [6.07, 6.45) is 19.8. The molecule has 0 heterocycles. The minimum absolute atomic E-state index is 0.0695. The van der Waals surface area contributed by atoms with Gasteiger partial charge in [-0.25, -0.2) is 0 Å². The van der Waals surface area contributed by atoms with Crippen molar-refractivity contribution >= 4 is 5.91 Å². The van der Waals surface area contributed by atoms with E-state index in [1.807, 2.05) is 0 Å². The summed E-state index contributed by atoms with van der Waals surface area (Å²) >= 11 is 0. The minimum Gasteiger partial charge on any atom is -0.369 e. The lowest BCUT2D eigenvalue weighted by Crippen LogP contribution is -2.24. The number of hydrogen-bond acceptors (Lipinski definition) is 1. The fraction of sp³-hybridized carbons (Fsp3) is 0.708. The van der Waals surface area contributed by atoms with Crippen molar-refractivity contribution in [2.24, 2.45) is 11.7 Å². The zero-order valence-electron chi connectivity index (χ0n) is 18.1. The van der Waals surface area contributed by atoms with Crippen LogP contribution in [0.5, 0.6) is 0 Å². The van der Waals surface area contributed by atoms with Gasteiger partial charge < -0.3 is 5.73 Å². The van der Waals surface area contributed by atoms with Crippen LogP contribution >= 0.6 is 0 Å². The van der Waals surface area contributed by atoms with Crippen LogP contribution in [0.3, 0.4) is 0 Å². The summed E-state index contributed by atoms with van der Waals surface area (Å²) in [5.74, 6) is -0.0737. The summed E-state index contributed by atoms with van der Waals surface area (Å²) in [6.45, 7) is 11.0. The lowest BCUT2D eigenvalue weighted by Gasteiger charge is -2.18. The molecule has 0 fully saturated rings. The highest BCUT2D eigenvalue weighted by Crippen LogP contribution is 2.26. The van der Waals surface area contributed by atoms with Crippen molar-refractivity contribution in [2.75, 3.05) is 0 Å². The van der Waals surface area contributed by atoms with Gasteiger partial charge in [0.05, 0.1) is 0 Å². The largest absolute Gasteiger partial charge is 0.369 e. The number of unbranched alkanes of at least 4 members (excludes halogenated alkanes) is 3. The lowest BCUT2D eigenvalue weighted by molar-refractivity contribution is -0.122. The molecule has 1 unspecified atom stereocenters. The third-order valence-corrected chi connectivity index (χ3v) is 4.91. The summed E-state index contributed by atoms with van der Waals surface area (Å²) < 4.78 is 0. The first-order valence-corrected chi connectivity index (χ1v) is 10.7. The van der Waals surface area contributed by atoms with Crippen LogP contribution in [0.25, 0.3) is 0 Å². The Morgan fingerprint density at radius 2 is 1.77 bits per heavy atom. The maximum atomic E-state index is 11.1. The van der Waals surface area contributed by atoms with Gasteiger partial charge in [-0.15, -0.1) is 0 Å². The van der Waals surface area contributed by atoms with E-state index in [0.717, 1.165) is 44.9 Å². The van der Waals surface area contributed by atoms with Crippen LogP contribution in [0.2, 0.25) is 0 Å². The van der Waals surface area contributed by atoms with Crippen LogP contribution in [-0.2, 0) is 4.79 Å². The molecule has 0 aromatic carbocycles. The maximum Gasteiger partial charge on any atom is 0.220 e. The second-order valence-electron chi connectivity index (χ2n) is 7.85. The Kier molecular flexibility index (Phi) is 15.1. The molecule has 1 aliphatic carbocycles. The van der Waals surface area contributed by atoms with Crippen LogP contribution in [-0.4, -0.2) is 5.91 Å². The summed E-state index contributed by atoms with van der Waals surface area (Å²) in [4.78, 5) is 11.1. The molecule has 2 nitrogen and oxygen atoms in total. The molecule has 0 aromatic rings. The Labute approximate surface area is 163 Å². The van der Waals surface area contributed by atoms with Crippen molar-refractivity contribution in [3.8, 4) is 0 Å². The number of allylic oxidation sites excluding steroid dienone is 6. The van der Waals surface area contributed by atoms with Crippen molar-refractivity contribution in [3.63, 3.8) is 0 Å². The van der Waals surface area contributed by atoms with Crippen LogP contribution < -0.4 is 5.73 Å². The SMILES string of the molecule is CC(C)=CCC/C(C)=C/CCC1=CCC(C(N)=O)CC1.CCCCCC. The minimum atomic E-state index is -0.143. The highest BCUT2D eigenvalue weighted by atomic mass is 16.1. The highest BCUT2D eigenvalue weighted by molar-refractivity contribution is 5.77. The van der Waals surface area contributed by atoms with Crippen molar-refractivity contribution in [1.82, 2.24) is 0 Å². The molecule has 0 saturated heterocycles. The number of carbonyl (C=O) groups is 1. The van der Waals surface area contributed by atoms with Gasteiger partial charge >= 0.3 is 0 Å². The van der Waals surface area contributed by atoms with E-state index in [-0.39, 0.29) is 11.8 Å². The Bertz CT molecular complexity index is 463. The van der Waals surface area contributed by atoms with E-state index < -0.39 is 0 Å². The van der Waals surface area contributed by atoms with Crippen molar-refractivity contribution in [2.45, 2.75) is 105 Å². The standard InChI is InChI=1S/C18H29NO.C6H14/c1-14(2)6-4-7-15(3)8-5-9-16-10-12-17(13-11-16)18(19)20;1-3-5-6-4-2/h6,8,10,17H,4-5,7,9,11-13H2,1-3H3,(H2,19,20);3-6H2,1-2H3/b15-8+;. The quantitative estimate of drug-likeness (QED) is 0.323. The summed E-state index contributed by atoms with van der Waals surface area (Å²) in [6, 6.07) is 0. The molecule has 2 N–H and O–H groups in total. The van der Waals surface area contributed by atoms with E-state index in [0.29, 0.717) is 0 Å². The predicted octanol–water partition coefficient (Wildman–Crippen LogP) is 7.26. The maximum absolute atomic E-state index is 11.1. The first-order valence-electron chi connectivity index (χ1n) is 10.7. The van der Waals surface area contributed by atoms with Gasteiger partial charge in [0.15, 0.2) is 0 Å². The van der Waals surface area contributed by atoms with Crippen molar-refractivity contribution in [1.29, 1.82) is 0 Å². The number of hydrogen-bond donors (Lipinski definition) is 1. The second-order valence-corrected chi connectivity index (χ2v) is 7.85. The molecule has 0 aliphatic heterocycles. The van der Waals surface area contributed by atoms with E-state index in [1.165, 1.54) is 42.4 Å². The molecule has 1 atom stereocenters. The normalized spacial score (nSPS) is 17.0. The van der Waals surface area contributed by atoms with Crippen LogP contribution in [0, 0.1) is 5.92 Å². The number of amides is 1. The zero-order valence-corrected chi connectivity index (χ0v) is 18.1. The summed E-state index contributed by atoms with van der Waals surface area (Å²) in [7, 11) is 0. The Balaban J connectivity index is 0.000000896. The van der Waals surface area contributed by atoms with Gasteiger partial charge in [-0.2, -0.15) is 0 Å². The molecule has 0 aromatic heterocycles. The summed E-state index contributed by atoms with van der Waals surface area (Å²) in [5, 5.41) is 0. The lowest BCUT2D eigenvalue weighted by atomic mass is 9.87. The van der Waals surface area contributed by atoms with Gasteiger partial charge in [-0.3, -0.25) is 4.79 Å². The molecule has 1 amide bonds. The molecule has 0 saturated carbocycles. The third-order valence-electron chi connectivity index (χ3n) is 4.91. The highest BCUT2D eigenvalue weighted by Gasteiger charge is 2.18. The fourth-order valence-corrected chi connectivity index (χ4v) is 3.07. The summed E-state index contributed by atoms with van der Waals surface area (Å²) in [5.41, 5.74) is 9.71. The van der Waals surface area contributed by atoms with Gasteiger partial charge in [0.25, 0.3) is 0 Å². The molecule has 1 rings (SSSR count). The van der Waals surface area contributed by atoms with E-state index in [9.17, 15) is 4.79 Å². The molecule has 1 aliphatic rings. The van der Waals surface area contributed by atoms with Crippen LogP contribution in [0.4, 0.5) is 0 Å². The Hall–Kier alpha value is -1.31. The van der Waals surface area contributed by atoms with E-state index in [2.05, 4.69) is 52.8 Å². The average molecular weight is 362 g/mol. The molecule has 0 radical (unpaired) electrons. The van der Waals surface area contributed by atoms with Crippen LogP contribution in [0.15, 0.2) is 34.9 Å². The molecular weight excluding hydrogens is 318 g/mol. The van der Waals surface area contributed by atoms with E-state index in [1.54, 1.807) is 0 Å². The van der Waals surface area contributed by atoms with Crippen LogP contribution in [0.1, 0.15) is 105 Å². The number of carbonyl (C=O) groups excluding carboxylic acids is 1. The van der Waals surface area contributed by atoms with E-state index in [4.69, 9.17) is 5.73 Å². The van der Waals surface area contributed by atoms with Crippen molar-refractivity contribution in [3.05, 3.63) is 34.9 Å². The van der Waals surface area contributed by atoms with Gasteiger partial charge in [0, 0.05) is 5.92 Å². The topological polar surface area (TPSA) is 43.1 Å². The monoisotopic (exact) mass is 361 g/mol. The zero-order chi connectivity index (χ0) is 19.8. The average Bonchev–Trinajstić information content (AvgIpc) is 2.60. The number of primary amides is 1. The molecule has 26 heavy (non-hydrogen) atoms. The third kappa shape index (κ3) is 13.9. The molecule has 2 heteroatoms. The van der Waals surface area contributed by atoms with Gasteiger partial charge in [-0.1, -0.05) is 74.5 Å². The van der Waals surface area contributed by atoms with Gasteiger partial charge in [0.2, 0.25) is 5.91 Å². The predicted molar refractivity (Wildman–Crippen MR) is 116 cm³/mol. The second kappa shape index (κ2) is 15.9. The fourth-order valence-electron chi connectivity index (χ4n) is 3.07. The number of rotatable bonds is 10. The Morgan fingerprint density at radius 1 is 1.12 bits per heavy atom. The van der Waals surface area contributed by atoms with E-state index >= 15 is 0 Å². The molecule has 150 valence electrons. The number of nitrogens with two attached hydrogens (primary N) is 1. The molecule has 0 bridgehead atoms. The van der Waals surface area contributed by atoms with Gasteiger partial charge in [0.1, 0.15) is 0 Å². The van der Waals surface area contributed by atoms with Gasteiger partial charge in [-0.05, 0) is 65.7 Å². The Morgan fingerprint density at radius 3 is 2.23 bits per heavy atom. The first kappa shape index (κ1) is 24.7. The molecule has 0 spiro atoms. The first-order chi connectivity index (χ1) is 12.4. The smallest absolute Gasteiger partial charge is 0.220 e.